The fourth-order valence-corrected chi connectivity index (χ4v) is 5.89. The number of esters is 2. The Morgan fingerprint density at radius 2 is 0.733 bits per heavy atom. The van der Waals surface area contributed by atoms with Gasteiger partial charge in [-0.1, -0.05) is 142 Å². The van der Waals surface area contributed by atoms with E-state index >= 15 is 0 Å². The monoisotopic (exact) mass is 640 g/mol. The summed E-state index contributed by atoms with van der Waals surface area (Å²) in [6.45, 7) is 8.77. The molecule has 0 aromatic carbocycles. The summed E-state index contributed by atoms with van der Waals surface area (Å²) in [5.41, 5.74) is 0. The lowest BCUT2D eigenvalue weighted by Gasteiger charge is -2.22. The van der Waals surface area contributed by atoms with E-state index in [1.54, 1.807) is 0 Å². The summed E-state index contributed by atoms with van der Waals surface area (Å²) in [4.78, 5) is 26.5. The van der Waals surface area contributed by atoms with Crippen LogP contribution in [-0.2, 0) is 19.1 Å². The van der Waals surface area contributed by atoms with E-state index in [1.165, 1.54) is 103 Å². The summed E-state index contributed by atoms with van der Waals surface area (Å²) >= 11 is 0. The molecule has 0 aromatic heterocycles. The van der Waals surface area contributed by atoms with Gasteiger partial charge >= 0.3 is 11.9 Å². The van der Waals surface area contributed by atoms with Gasteiger partial charge in [-0.15, -0.1) is 0 Å². The number of carbonyl (C=O) groups excluding carboxylic acids is 2. The molecule has 268 valence electrons. The minimum absolute atomic E-state index is 0.0508. The van der Waals surface area contributed by atoms with Crippen LogP contribution in [0.1, 0.15) is 200 Å². The molecule has 0 aliphatic carbocycles. The Balaban J connectivity index is 3.65. The van der Waals surface area contributed by atoms with Gasteiger partial charge in [0.15, 0.2) is 0 Å². The first kappa shape index (κ1) is 43.9. The highest BCUT2D eigenvalue weighted by atomic mass is 16.5. The van der Waals surface area contributed by atoms with Gasteiger partial charge in [0.05, 0.1) is 13.2 Å². The van der Waals surface area contributed by atoms with Crippen LogP contribution in [0, 0.1) is 0 Å². The second kappa shape index (κ2) is 37.3. The van der Waals surface area contributed by atoms with Crippen molar-refractivity contribution in [3.05, 3.63) is 0 Å². The Labute approximate surface area is 280 Å². The smallest absolute Gasteiger partial charge is 0.305 e. The molecule has 0 rings (SSSR count). The molecule has 0 bridgehead atoms. The molecular formula is C39H77NO5. The Bertz CT molecular complexity index is 566. The minimum atomic E-state index is -0.0508. The largest absolute Gasteiger partial charge is 0.466 e. The van der Waals surface area contributed by atoms with Gasteiger partial charge in [-0.05, 0) is 58.0 Å². The number of unbranched alkanes of at least 4 members (excludes halogenated alkanes) is 22. The van der Waals surface area contributed by atoms with Crippen LogP contribution in [0.5, 0.6) is 0 Å². The first-order valence-electron chi connectivity index (χ1n) is 19.8. The van der Waals surface area contributed by atoms with E-state index < -0.39 is 0 Å². The molecule has 0 amide bonds. The second-order valence-electron chi connectivity index (χ2n) is 13.3. The maximum absolute atomic E-state index is 12.1. The van der Waals surface area contributed by atoms with Gasteiger partial charge < -0.3 is 19.5 Å². The average molecular weight is 640 g/mol. The number of carbonyl (C=O) groups is 2. The molecular weight excluding hydrogens is 562 g/mol. The Kier molecular flexibility index (Phi) is 36.4. The number of aliphatic hydroxyl groups excluding tert-OH is 1. The van der Waals surface area contributed by atoms with Gasteiger partial charge in [0.25, 0.3) is 0 Å². The quantitative estimate of drug-likeness (QED) is 0.0538. The van der Waals surface area contributed by atoms with Crippen molar-refractivity contribution >= 4 is 11.9 Å². The third-order valence-corrected chi connectivity index (χ3v) is 8.86. The van der Waals surface area contributed by atoms with Crippen molar-refractivity contribution in [1.29, 1.82) is 0 Å². The van der Waals surface area contributed by atoms with Crippen LogP contribution in [0.3, 0.4) is 0 Å². The first-order valence-corrected chi connectivity index (χ1v) is 19.8. The highest BCUT2D eigenvalue weighted by Gasteiger charge is 2.08. The fourth-order valence-electron chi connectivity index (χ4n) is 5.89. The summed E-state index contributed by atoms with van der Waals surface area (Å²) in [5.74, 6) is -0.102. The van der Waals surface area contributed by atoms with Crippen LogP contribution < -0.4 is 0 Å². The average Bonchev–Trinajstić information content (AvgIpc) is 3.04. The van der Waals surface area contributed by atoms with Crippen molar-refractivity contribution in [2.24, 2.45) is 0 Å². The molecule has 6 heteroatoms. The van der Waals surface area contributed by atoms with Crippen LogP contribution in [0.4, 0.5) is 0 Å². The molecule has 1 N–H and O–H groups in total. The van der Waals surface area contributed by atoms with Crippen molar-refractivity contribution in [3.8, 4) is 0 Å². The van der Waals surface area contributed by atoms with E-state index in [-0.39, 0.29) is 18.5 Å². The lowest BCUT2D eigenvalue weighted by molar-refractivity contribution is -0.144. The van der Waals surface area contributed by atoms with Crippen LogP contribution >= 0.6 is 0 Å². The fraction of sp³-hybridized carbons (Fsp3) is 0.949. The molecule has 0 atom stereocenters. The van der Waals surface area contributed by atoms with Gasteiger partial charge in [0.2, 0.25) is 0 Å². The number of rotatable bonds is 37. The lowest BCUT2D eigenvalue weighted by Crippen LogP contribution is -2.28. The molecule has 0 unspecified atom stereocenters. The van der Waals surface area contributed by atoms with E-state index in [4.69, 9.17) is 9.47 Å². The molecule has 0 saturated heterocycles. The topological polar surface area (TPSA) is 76.1 Å². The SMILES string of the molecule is CCCCCCCCCCCCOC(=O)CCCCCN(CCCO)CCCCCC(=O)OCCCCCCCCCCCC. The zero-order valence-corrected chi connectivity index (χ0v) is 30.3. The van der Waals surface area contributed by atoms with Crippen molar-refractivity contribution in [1.82, 2.24) is 4.90 Å². The molecule has 0 fully saturated rings. The number of ether oxygens (including phenoxy) is 2. The van der Waals surface area contributed by atoms with Gasteiger partial charge in [-0.25, -0.2) is 0 Å². The lowest BCUT2D eigenvalue weighted by atomic mass is 10.1. The number of hydrogen-bond donors (Lipinski definition) is 1. The molecule has 6 nitrogen and oxygen atoms in total. The molecule has 0 aliphatic rings. The normalized spacial score (nSPS) is 11.4. The predicted molar refractivity (Wildman–Crippen MR) is 191 cm³/mol. The molecule has 0 radical (unpaired) electrons. The third kappa shape index (κ3) is 35.6. The summed E-state index contributed by atoms with van der Waals surface area (Å²) in [6.07, 6.45) is 33.5. The molecule has 0 aromatic rings. The predicted octanol–water partition coefficient (Wildman–Crippen LogP) is 10.7. The molecule has 45 heavy (non-hydrogen) atoms. The Hall–Kier alpha value is -1.14. The van der Waals surface area contributed by atoms with Crippen LogP contribution in [0.2, 0.25) is 0 Å². The summed E-state index contributed by atoms with van der Waals surface area (Å²) < 4.78 is 10.9. The summed E-state index contributed by atoms with van der Waals surface area (Å²) in [6, 6.07) is 0. The van der Waals surface area contributed by atoms with Gasteiger partial charge in [-0.2, -0.15) is 0 Å². The van der Waals surface area contributed by atoms with Crippen LogP contribution in [0.25, 0.3) is 0 Å². The van der Waals surface area contributed by atoms with E-state index in [0.717, 1.165) is 90.3 Å². The van der Waals surface area contributed by atoms with Crippen LogP contribution in [0.15, 0.2) is 0 Å². The highest BCUT2D eigenvalue weighted by molar-refractivity contribution is 5.69. The van der Waals surface area contributed by atoms with E-state index in [0.29, 0.717) is 26.1 Å². The molecule has 0 saturated carbocycles. The Morgan fingerprint density at radius 1 is 0.422 bits per heavy atom. The Morgan fingerprint density at radius 3 is 1.09 bits per heavy atom. The van der Waals surface area contributed by atoms with E-state index in [1.807, 2.05) is 0 Å². The second-order valence-corrected chi connectivity index (χ2v) is 13.3. The zero-order chi connectivity index (χ0) is 32.9. The summed E-state index contributed by atoms with van der Waals surface area (Å²) in [5, 5.41) is 9.28. The molecule has 0 aliphatic heterocycles. The maximum atomic E-state index is 12.1. The third-order valence-electron chi connectivity index (χ3n) is 8.86. The minimum Gasteiger partial charge on any atom is -0.466 e. The van der Waals surface area contributed by atoms with Crippen molar-refractivity contribution in [2.45, 2.75) is 200 Å². The number of hydrogen-bond acceptors (Lipinski definition) is 6. The van der Waals surface area contributed by atoms with E-state index in [2.05, 4.69) is 18.7 Å². The first-order chi connectivity index (χ1) is 22.1. The van der Waals surface area contributed by atoms with Crippen LogP contribution in [-0.4, -0.2) is 61.4 Å². The molecule has 0 heterocycles. The maximum Gasteiger partial charge on any atom is 0.305 e. The van der Waals surface area contributed by atoms with Crippen molar-refractivity contribution < 1.29 is 24.2 Å². The number of nitrogens with zero attached hydrogens (tertiary/aromatic N) is 1. The number of aliphatic hydroxyl groups is 1. The standard InChI is InChI=1S/C39H77NO5/c1-3-5-7-9-11-13-15-17-19-27-36-44-38(42)30-23-21-25-32-40(34-29-35-41)33-26-22-24-31-39(43)45-37-28-20-18-16-14-12-10-8-6-4-2/h41H,3-37H2,1-2H3. The van der Waals surface area contributed by atoms with Gasteiger partial charge in [0.1, 0.15) is 0 Å². The zero-order valence-electron chi connectivity index (χ0n) is 30.3. The summed E-state index contributed by atoms with van der Waals surface area (Å²) in [7, 11) is 0. The van der Waals surface area contributed by atoms with E-state index in [9.17, 15) is 14.7 Å². The van der Waals surface area contributed by atoms with Gasteiger partial charge in [-0.3, -0.25) is 9.59 Å². The van der Waals surface area contributed by atoms with Crippen molar-refractivity contribution in [2.75, 3.05) is 39.5 Å². The highest BCUT2D eigenvalue weighted by Crippen LogP contribution is 2.13. The molecule has 0 spiro atoms. The van der Waals surface area contributed by atoms with Crippen molar-refractivity contribution in [3.63, 3.8) is 0 Å². The van der Waals surface area contributed by atoms with Gasteiger partial charge in [0, 0.05) is 26.0 Å².